The first kappa shape index (κ1) is 25.3. The van der Waals surface area contributed by atoms with Crippen LogP contribution < -0.4 is 14.4 Å². The molecule has 0 saturated heterocycles. The largest absolute Gasteiger partial charge is 0.426 e. The Hall–Kier alpha value is -5.32. The highest BCUT2D eigenvalue weighted by atomic mass is 16.6. The summed E-state index contributed by atoms with van der Waals surface area (Å²) in [5.74, 6) is -4.09. The summed E-state index contributed by atoms with van der Waals surface area (Å²) in [4.78, 5) is 73.5. The number of anilines is 1. The smallest absolute Gasteiger partial charge is 0.347 e. The minimum atomic E-state index is -0.802. The van der Waals surface area contributed by atoms with E-state index in [0.717, 1.165) is 5.69 Å². The number of ether oxygens (including phenoxy) is 4. The zero-order chi connectivity index (χ0) is 27.5. The predicted molar refractivity (Wildman–Crippen MR) is 132 cm³/mol. The Labute approximate surface area is 220 Å². The molecule has 0 spiro atoms. The lowest BCUT2D eigenvalue weighted by Crippen LogP contribution is -2.30. The number of nitrogens with zero attached hydrogens (tertiary/aromatic N) is 1. The molecule has 0 bridgehead atoms. The van der Waals surface area contributed by atoms with E-state index >= 15 is 0 Å². The molecule has 0 aliphatic carbocycles. The van der Waals surface area contributed by atoms with Crippen LogP contribution in [0.4, 0.5) is 5.69 Å². The fourth-order valence-corrected chi connectivity index (χ4v) is 4.08. The van der Waals surface area contributed by atoms with Gasteiger partial charge in [0.2, 0.25) is 0 Å². The van der Waals surface area contributed by atoms with Gasteiger partial charge in [0.15, 0.2) is 0 Å². The molecule has 0 N–H and O–H groups in total. The van der Waals surface area contributed by atoms with Gasteiger partial charge in [0.1, 0.15) is 11.5 Å². The second-order valence-corrected chi connectivity index (χ2v) is 8.54. The third-order valence-electron chi connectivity index (χ3n) is 5.99. The zero-order valence-corrected chi connectivity index (χ0v) is 20.2. The Kier molecular flexibility index (Phi) is 6.87. The average molecular weight is 529 g/mol. The Balaban J connectivity index is 1.19. The number of esters is 6. The van der Waals surface area contributed by atoms with Crippen molar-refractivity contribution in [2.75, 3.05) is 18.0 Å². The molecule has 196 valence electrons. The average Bonchev–Trinajstić information content (AvgIpc) is 3.37. The molecule has 0 fully saturated rings. The lowest BCUT2D eigenvalue weighted by molar-refractivity contribution is -0.134. The zero-order valence-electron chi connectivity index (χ0n) is 20.2. The third-order valence-corrected chi connectivity index (χ3v) is 5.99. The van der Waals surface area contributed by atoms with Crippen LogP contribution in [0.3, 0.4) is 0 Å². The van der Waals surface area contributed by atoms with Crippen LogP contribution in [0.2, 0.25) is 0 Å². The molecule has 11 nitrogen and oxygen atoms in total. The minimum absolute atomic E-state index is 0.0292. The molecule has 0 radical (unpaired) electrons. The highest BCUT2D eigenvalue weighted by molar-refractivity contribution is 6.15. The number of hydrogen-bond acceptors (Lipinski definition) is 11. The van der Waals surface area contributed by atoms with Gasteiger partial charge in [0, 0.05) is 18.8 Å². The first-order valence-corrected chi connectivity index (χ1v) is 11.8. The lowest BCUT2D eigenvalue weighted by Gasteiger charge is -2.24. The summed E-state index contributed by atoms with van der Waals surface area (Å²) < 4.78 is 19.7. The number of carbonyl (C=O) groups is 6. The molecule has 0 unspecified atom stereocenters. The minimum Gasteiger partial charge on any atom is -0.426 e. The van der Waals surface area contributed by atoms with Crippen LogP contribution in [0, 0.1) is 0 Å². The van der Waals surface area contributed by atoms with E-state index in [0.29, 0.717) is 0 Å². The molecule has 0 amide bonds. The van der Waals surface area contributed by atoms with Crippen LogP contribution in [-0.4, -0.2) is 48.9 Å². The van der Waals surface area contributed by atoms with Crippen LogP contribution in [-0.2, 0) is 19.1 Å². The van der Waals surface area contributed by atoms with Crippen LogP contribution in [0.15, 0.2) is 66.7 Å². The van der Waals surface area contributed by atoms with Crippen molar-refractivity contribution in [3.63, 3.8) is 0 Å². The van der Waals surface area contributed by atoms with Crippen LogP contribution in [0.1, 0.15) is 54.3 Å². The van der Waals surface area contributed by atoms with Gasteiger partial charge >= 0.3 is 35.8 Å². The summed E-state index contributed by atoms with van der Waals surface area (Å²) in [6.07, 6.45) is -0.100. The molecule has 2 aliphatic heterocycles. The van der Waals surface area contributed by atoms with E-state index < -0.39 is 35.8 Å². The second kappa shape index (κ2) is 10.6. The SMILES string of the molecule is O=C(CCN(CCC(=O)Oc1ccc2c(c1)C(=O)OC2=O)c1ccccc1)Oc1ccc2c(c1)C(=O)OC2=O. The van der Waals surface area contributed by atoms with Gasteiger partial charge in [0.05, 0.1) is 35.1 Å². The first-order valence-electron chi connectivity index (χ1n) is 11.8. The van der Waals surface area contributed by atoms with Crippen LogP contribution in [0.5, 0.6) is 11.5 Å². The summed E-state index contributed by atoms with van der Waals surface area (Å²) in [5, 5.41) is 0. The Bertz CT molecular complexity index is 1430. The highest BCUT2D eigenvalue weighted by Crippen LogP contribution is 2.26. The second-order valence-electron chi connectivity index (χ2n) is 8.54. The number of rotatable bonds is 9. The number of hydrogen-bond donors (Lipinski definition) is 0. The topological polar surface area (TPSA) is 143 Å². The number of para-hydroxylation sites is 1. The Morgan fingerprint density at radius 1 is 0.590 bits per heavy atom. The van der Waals surface area contributed by atoms with Crippen molar-refractivity contribution in [2.45, 2.75) is 12.8 Å². The third kappa shape index (κ3) is 5.52. The number of cyclic esters (lactones) is 4. The molecule has 2 heterocycles. The maximum atomic E-state index is 12.5. The monoisotopic (exact) mass is 529 g/mol. The molecule has 39 heavy (non-hydrogen) atoms. The predicted octanol–water partition coefficient (Wildman–Crippen LogP) is 3.11. The van der Waals surface area contributed by atoms with Crippen molar-refractivity contribution in [1.82, 2.24) is 0 Å². The molecule has 0 aromatic heterocycles. The molecular formula is C28H19NO10. The van der Waals surface area contributed by atoms with Crippen LogP contribution >= 0.6 is 0 Å². The quantitative estimate of drug-likeness (QED) is 0.229. The van der Waals surface area contributed by atoms with Crippen molar-refractivity contribution in [2.24, 2.45) is 0 Å². The van der Waals surface area contributed by atoms with Gasteiger partial charge in [0.25, 0.3) is 0 Å². The fourth-order valence-electron chi connectivity index (χ4n) is 4.08. The van der Waals surface area contributed by atoms with Gasteiger partial charge in [-0.1, -0.05) is 18.2 Å². The van der Waals surface area contributed by atoms with Crippen molar-refractivity contribution >= 4 is 41.5 Å². The first-order chi connectivity index (χ1) is 18.8. The highest BCUT2D eigenvalue weighted by Gasteiger charge is 2.31. The maximum Gasteiger partial charge on any atom is 0.347 e. The molecular weight excluding hydrogens is 510 g/mol. The summed E-state index contributed by atoms with van der Waals surface area (Å²) in [6, 6.07) is 17.2. The van der Waals surface area contributed by atoms with Gasteiger partial charge in [-0.15, -0.1) is 0 Å². The van der Waals surface area contributed by atoms with E-state index in [9.17, 15) is 28.8 Å². The summed E-state index contributed by atoms with van der Waals surface area (Å²) >= 11 is 0. The van der Waals surface area contributed by atoms with Gasteiger partial charge in [-0.05, 0) is 48.5 Å². The molecule has 2 aliphatic rings. The van der Waals surface area contributed by atoms with Crippen LogP contribution in [0.25, 0.3) is 0 Å². The number of carbonyl (C=O) groups excluding carboxylic acids is 6. The Morgan fingerprint density at radius 2 is 1.03 bits per heavy atom. The number of fused-ring (bicyclic) bond motifs is 2. The van der Waals surface area contributed by atoms with E-state index in [4.69, 9.17) is 9.47 Å². The summed E-state index contributed by atoms with van der Waals surface area (Å²) in [7, 11) is 0. The standard InChI is InChI=1S/C28H19NO10/c30-23(36-17-6-8-19-21(14-17)27(34)38-25(19)32)10-12-29(16-4-2-1-3-5-16)13-11-24(31)37-18-7-9-20-22(15-18)28(35)39-26(20)33/h1-9,14-15H,10-13H2. The van der Waals surface area contributed by atoms with Crippen molar-refractivity contribution < 1.29 is 47.7 Å². The summed E-state index contributed by atoms with van der Waals surface area (Å²) in [6.45, 7) is 0.406. The Morgan fingerprint density at radius 3 is 1.49 bits per heavy atom. The fraction of sp³-hybridized carbons (Fsp3) is 0.143. The van der Waals surface area contributed by atoms with E-state index in [1.807, 2.05) is 30.3 Å². The molecule has 11 heteroatoms. The van der Waals surface area contributed by atoms with E-state index in [2.05, 4.69) is 9.47 Å². The van der Waals surface area contributed by atoms with E-state index in [1.54, 1.807) is 4.90 Å². The molecule has 0 atom stereocenters. The van der Waals surface area contributed by atoms with E-state index in [-0.39, 0.29) is 59.7 Å². The molecule has 3 aromatic rings. The van der Waals surface area contributed by atoms with Crippen molar-refractivity contribution in [3.05, 3.63) is 89.0 Å². The maximum absolute atomic E-state index is 12.5. The van der Waals surface area contributed by atoms with Crippen molar-refractivity contribution in [1.29, 1.82) is 0 Å². The molecule has 3 aromatic carbocycles. The molecule has 5 rings (SSSR count). The van der Waals surface area contributed by atoms with Crippen molar-refractivity contribution in [3.8, 4) is 11.5 Å². The van der Waals surface area contributed by atoms with Gasteiger partial charge in [-0.25, -0.2) is 19.2 Å². The lowest BCUT2D eigenvalue weighted by atomic mass is 10.1. The normalized spacial score (nSPS) is 13.3. The molecule has 0 saturated carbocycles. The van der Waals surface area contributed by atoms with E-state index in [1.165, 1.54) is 36.4 Å². The summed E-state index contributed by atoms with van der Waals surface area (Å²) in [5.41, 5.74) is 1.03. The van der Waals surface area contributed by atoms with Gasteiger partial charge < -0.3 is 23.8 Å². The van der Waals surface area contributed by atoms with Gasteiger partial charge in [-0.3, -0.25) is 9.59 Å². The number of benzene rings is 3. The van der Waals surface area contributed by atoms with Gasteiger partial charge in [-0.2, -0.15) is 0 Å².